The van der Waals surface area contributed by atoms with Crippen LogP contribution in [0.3, 0.4) is 0 Å². The van der Waals surface area contributed by atoms with E-state index in [9.17, 15) is 0 Å². The maximum atomic E-state index is 8.69. The van der Waals surface area contributed by atoms with Crippen LogP contribution in [0.5, 0.6) is 0 Å². The van der Waals surface area contributed by atoms with Gasteiger partial charge in [-0.2, -0.15) is 0 Å². The topological polar surface area (TPSA) is 3.24 Å². The summed E-state index contributed by atoms with van der Waals surface area (Å²) in [6, 6.07) is 0. The Morgan fingerprint density at radius 3 is 2.87 bits per heavy atom. The Morgan fingerprint density at radius 2 is 2.27 bits per heavy atom. The van der Waals surface area contributed by atoms with Crippen LogP contribution in [0.4, 0.5) is 0 Å². The first-order valence-corrected chi connectivity index (χ1v) is 5.84. The Bertz CT molecular complexity index is 508. The van der Waals surface area contributed by atoms with E-state index in [1.165, 1.54) is 4.90 Å². The van der Waals surface area contributed by atoms with Crippen LogP contribution in [0, 0.1) is 11.3 Å². The molecule has 2 heterocycles. The fourth-order valence-corrected chi connectivity index (χ4v) is 3.14. The highest BCUT2D eigenvalue weighted by Gasteiger charge is 2.66. The Labute approximate surface area is 102 Å². The third-order valence-electron chi connectivity index (χ3n) is 3.95. The van der Waals surface area contributed by atoms with Crippen molar-refractivity contribution in [2.45, 2.75) is 51.4 Å². The first kappa shape index (κ1) is 5.35. The fourth-order valence-electron chi connectivity index (χ4n) is 3.14. The summed E-state index contributed by atoms with van der Waals surface area (Å²) in [4.78, 5) is 1.21. The van der Waals surface area contributed by atoms with Crippen LogP contribution < -0.4 is 0 Å². The number of rotatable bonds is 2. The minimum atomic E-state index is -1.99. The van der Waals surface area contributed by atoms with Crippen LogP contribution in [0.1, 0.15) is 54.1 Å². The van der Waals surface area contributed by atoms with Gasteiger partial charge in [0.25, 0.3) is 0 Å². The van der Waals surface area contributed by atoms with Crippen LogP contribution in [0.2, 0.25) is 0 Å². The molecule has 3 aliphatic rings. The standard InChI is InChI=1S/C14H23N/c1-11(2)8-14-9-12(3)10-15(14)7-6-13(14)4-5-13/h11H,3-10H2,1-2H3/t14-/m1/s1/i7D2,8D2,10D2. The molecule has 0 radical (unpaired) electrons. The highest BCUT2D eigenvalue weighted by atomic mass is 15.3. The summed E-state index contributed by atoms with van der Waals surface area (Å²) >= 11 is 0. The molecule has 1 nitrogen and oxygen atoms in total. The third-order valence-corrected chi connectivity index (χ3v) is 3.95. The zero-order chi connectivity index (χ0) is 16.1. The van der Waals surface area contributed by atoms with Crippen molar-refractivity contribution in [1.29, 1.82) is 0 Å². The van der Waals surface area contributed by atoms with E-state index >= 15 is 0 Å². The molecule has 1 atom stereocenters. The smallest absolute Gasteiger partial charge is 0.0478 e. The summed E-state index contributed by atoms with van der Waals surface area (Å²) in [5, 5.41) is 0. The highest BCUT2D eigenvalue weighted by Crippen LogP contribution is 2.67. The molecular formula is C14H23N. The second-order valence-corrected chi connectivity index (χ2v) is 5.50. The van der Waals surface area contributed by atoms with E-state index in [0.717, 1.165) is 12.8 Å². The van der Waals surface area contributed by atoms with Gasteiger partial charge in [0.15, 0.2) is 0 Å². The molecule has 3 fully saturated rings. The summed E-state index contributed by atoms with van der Waals surface area (Å²) in [6.07, 6.45) is 0.320. The lowest BCUT2D eigenvalue weighted by Gasteiger charge is -2.39. The average Bonchev–Trinajstić information content (AvgIpc) is 2.96. The Balaban J connectivity index is 2.26. The van der Waals surface area contributed by atoms with Gasteiger partial charge in [-0.15, -0.1) is 0 Å². The molecule has 15 heavy (non-hydrogen) atoms. The molecule has 0 bridgehead atoms. The van der Waals surface area contributed by atoms with Gasteiger partial charge in [0.05, 0.1) is 0 Å². The molecule has 0 amide bonds. The molecule has 1 heteroatoms. The van der Waals surface area contributed by atoms with E-state index in [1.807, 2.05) is 0 Å². The zero-order valence-corrected chi connectivity index (χ0v) is 9.56. The lowest BCUT2D eigenvalue weighted by Crippen LogP contribution is -2.45. The van der Waals surface area contributed by atoms with Gasteiger partial charge < -0.3 is 0 Å². The van der Waals surface area contributed by atoms with Crippen LogP contribution in [0.15, 0.2) is 12.2 Å². The zero-order valence-electron chi connectivity index (χ0n) is 15.6. The predicted molar refractivity (Wildman–Crippen MR) is 63.8 cm³/mol. The van der Waals surface area contributed by atoms with Crippen molar-refractivity contribution in [1.82, 2.24) is 4.90 Å². The number of hydrogen-bond donors (Lipinski definition) is 0. The molecular weight excluding hydrogens is 182 g/mol. The van der Waals surface area contributed by atoms with Gasteiger partial charge >= 0.3 is 0 Å². The lowest BCUT2D eigenvalue weighted by molar-refractivity contribution is 0.108. The van der Waals surface area contributed by atoms with Crippen LogP contribution >= 0.6 is 0 Å². The molecule has 0 aromatic heterocycles. The second-order valence-electron chi connectivity index (χ2n) is 5.50. The fraction of sp³-hybridized carbons (Fsp3) is 0.857. The number of nitrogens with zero attached hydrogens (tertiary/aromatic N) is 1. The van der Waals surface area contributed by atoms with E-state index < -0.39 is 30.3 Å². The summed E-state index contributed by atoms with van der Waals surface area (Å²) in [5.74, 6) is -0.312. The Hall–Kier alpha value is -0.300. The van der Waals surface area contributed by atoms with Gasteiger partial charge in [0.2, 0.25) is 0 Å². The normalized spacial score (nSPS) is 51.5. The maximum Gasteiger partial charge on any atom is 0.0478 e. The van der Waals surface area contributed by atoms with Crippen LogP contribution in [-0.2, 0) is 0 Å². The molecule has 0 unspecified atom stereocenters. The van der Waals surface area contributed by atoms with Crippen molar-refractivity contribution in [2.75, 3.05) is 13.0 Å². The first-order chi connectivity index (χ1) is 9.35. The van der Waals surface area contributed by atoms with Crippen molar-refractivity contribution < 1.29 is 8.22 Å². The number of fused-ring (bicyclic) bond motifs is 2. The van der Waals surface area contributed by atoms with Crippen molar-refractivity contribution in [3.8, 4) is 0 Å². The van der Waals surface area contributed by atoms with Gasteiger partial charge in [-0.05, 0) is 49.9 Å². The molecule has 0 aromatic carbocycles. The summed E-state index contributed by atoms with van der Waals surface area (Å²) in [6.45, 7) is 3.59. The minimum Gasteiger partial charge on any atom is -0.293 e. The van der Waals surface area contributed by atoms with Crippen molar-refractivity contribution in [2.24, 2.45) is 11.3 Å². The Kier molecular flexibility index (Phi) is 1.03. The number of hydrogen-bond acceptors (Lipinski definition) is 1. The van der Waals surface area contributed by atoms with Crippen molar-refractivity contribution in [3.63, 3.8) is 0 Å². The summed E-state index contributed by atoms with van der Waals surface area (Å²) in [5.41, 5.74) is -1.25. The molecule has 3 rings (SSSR count). The quantitative estimate of drug-likeness (QED) is 0.634. The van der Waals surface area contributed by atoms with E-state index in [1.54, 1.807) is 13.8 Å². The second kappa shape index (κ2) is 2.88. The molecule has 0 aromatic rings. The van der Waals surface area contributed by atoms with Gasteiger partial charge in [-0.1, -0.05) is 26.0 Å². The van der Waals surface area contributed by atoms with Gasteiger partial charge in [0, 0.05) is 20.3 Å². The van der Waals surface area contributed by atoms with Crippen molar-refractivity contribution in [3.05, 3.63) is 12.2 Å². The largest absolute Gasteiger partial charge is 0.293 e. The Morgan fingerprint density at radius 1 is 1.53 bits per heavy atom. The van der Waals surface area contributed by atoms with Crippen molar-refractivity contribution >= 4 is 0 Å². The van der Waals surface area contributed by atoms with E-state index in [2.05, 4.69) is 6.58 Å². The maximum absolute atomic E-state index is 8.69. The van der Waals surface area contributed by atoms with Gasteiger partial charge in [0.1, 0.15) is 0 Å². The molecule has 0 N–H and O–H groups in total. The van der Waals surface area contributed by atoms with E-state index in [-0.39, 0.29) is 18.8 Å². The summed E-state index contributed by atoms with van der Waals surface area (Å²) < 4.78 is 50.7. The van der Waals surface area contributed by atoms with E-state index in [0.29, 0.717) is 5.57 Å². The average molecular weight is 211 g/mol. The first-order valence-electron chi connectivity index (χ1n) is 8.84. The minimum absolute atomic E-state index is 0.213. The lowest BCUT2D eigenvalue weighted by atomic mass is 9.74. The molecule has 1 spiro atoms. The molecule has 2 aliphatic heterocycles. The van der Waals surface area contributed by atoms with Gasteiger partial charge in [-0.25, -0.2) is 0 Å². The van der Waals surface area contributed by atoms with E-state index in [4.69, 9.17) is 8.22 Å². The predicted octanol–water partition coefficient (Wildman–Crippen LogP) is 3.22. The SMILES string of the molecule is [2H]C1([2H])CC2(CC2)[C@@]2(C([2H])([2H])C(C)C)CC(=C)C([2H])([2H])N12. The molecule has 1 aliphatic carbocycles. The molecule has 84 valence electrons. The van der Waals surface area contributed by atoms with Crippen LogP contribution in [-0.4, -0.2) is 23.4 Å². The monoisotopic (exact) mass is 211 g/mol. The summed E-state index contributed by atoms with van der Waals surface area (Å²) in [7, 11) is 0. The highest BCUT2D eigenvalue weighted by molar-refractivity contribution is 5.27. The molecule has 2 saturated heterocycles. The van der Waals surface area contributed by atoms with Crippen LogP contribution in [0.25, 0.3) is 0 Å². The molecule has 1 saturated carbocycles. The third kappa shape index (κ3) is 1.19. The van der Waals surface area contributed by atoms with Gasteiger partial charge in [-0.3, -0.25) is 4.90 Å².